The molecule has 1 unspecified atom stereocenters. The average Bonchev–Trinajstić information content (AvgIpc) is 3.11. The number of hydrogen-bond donors (Lipinski definition) is 1. The number of allylic oxidation sites excluding steroid dienone is 2. The van der Waals surface area contributed by atoms with Crippen LogP contribution in [0.25, 0.3) is 0 Å². The SMILES string of the molecule is CC(=O)NC1=C(C=O)C[C@H]2[C@@H]3CCC4C[C@@H](OC(=O)c5ccccc5)CC[C@]4(C)[C@H]3CC[C@]12C. The number of hydrogen-bond acceptors (Lipinski definition) is 4. The molecule has 4 aliphatic carbocycles. The lowest BCUT2D eigenvalue weighted by Crippen LogP contribution is -2.54. The summed E-state index contributed by atoms with van der Waals surface area (Å²) >= 11 is 0. The van der Waals surface area contributed by atoms with E-state index >= 15 is 0 Å². The molecule has 0 heterocycles. The van der Waals surface area contributed by atoms with Crippen LogP contribution in [0.2, 0.25) is 0 Å². The van der Waals surface area contributed by atoms with Gasteiger partial charge in [0.15, 0.2) is 0 Å². The Labute approximate surface area is 202 Å². The van der Waals surface area contributed by atoms with Crippen LogP contribution in [0.15, 0.2) is 41.6 Å². The zero-order valence-corrected chi connectivity index (χ0v) is 20.6. The Morgan fingerprint density at radius 1 is 1.03 bits per heavy atom. The molecule has 1 aromatic carbocycles. The lowest BCUT2D eigenvalue weighted by atomic mass is 9.45. The van der Waals surface area contributed by atoms with Crippen LogP contribution in [0.1, 0.15) is 82.5 Å². The van der Waals surface area contributed by atoms with Crippen molar-refractivity contribution in [3.63, 3.8) is 0 Å². The maximum absolute atomic E-state index is 12.6. The highest BCUT2D eigenvalue weighted by Crippen LogP contribution is 2.66. The van der Waals surface area contributed by atoms with Gasteiger partial charge in [0.05, 0.1) is 5.56 Å². The van der Waals surface area contributed by atoms with Crippen molar-refractivity contribution in [3.05, 3.63) is 47.2 Å². The van der Waals surface area contributed by atoms with E-state index in [2.05, 4.69) is 19.2 Å². The van der Waals surface area contributed by atoms with E-state index in [1.165, 1.54) is 6.92 Å². The second kappa shape index (κ2) is 8.66. The van der Waals surface area contributed by atoms with Crippen molar-refractivity contribution in [2.24, 2.45) is 34.5 Å². The molecular weight excluding hydrogens is 426 g/mol. The summed E-state index contributed by atoms with van der Waals surface area (Å²) in [6.07, 6.45) is 9.17. The minimum atomic E-state index is -0.208. The van der Waals surface area contributed by atoms with E-state index in [1.54, 1.807) is 0 Å². The molecule has 3 saturated carbocycles. The van der Waals surface area contributed by atoms with Crippen molar-refractivity contribution < 1.29 is 19.1 Å². The monoisotopic (exact) mass is 463 g/mol. The van der Waals surface area contributed by atoms with E-state index in [4.69, 9.17) is 4.74 Å². The molecule has 5 rings (SSSR count). The zero-order valence-electron chi connectivity index (χ0n) is 20.6. The first-order valence-electron chi connectivity index (χ1n) is 13.0. The van der Waals surface area contributed by atoms with Crippen LogP contribution in [-0.4, -0.2) is 24.3 Å². The molecule has 4 aliphatic rings. The summed E-state index contributed by atoms with van der Waals surface area (Å²) in [5, 5.41) is 3.04. The molecular formula is C29H37NO4. The molecule has 0 radical (unpaired) electrons. The predicted molar refractivity (Wildman–Crippen MR) is 130 cm³/mol. The first-order chi connectivity index (χ1) is 16.3. The lowest BCUT2D eigenvalue weighted by Gasteiger charge is -2.60. The molecule has 1 aromatic rings. The standard InChI is InChI=1S/C29H37NO4/c1-18(32)30-26-20(17-31)15-25-23-10-9-21-16-22(34-27(33)19-7-5-4-6-8-19)11-13-28(21,2)24(23)12-14-29(25,26)3/h4-8,17,21-25H,9-16H2,1-3H3,(H,30,32)/t21?,22-,23+,24-,25-,28-,29-/m0/s1. The van der Waals surface area contributed by atoms with E-state index in [0.717, 1.165) is 68.9 Å². The summed E-state index contributed by atoms with van der Waals surface area (Å²) in [6, 6.07) is 9.29. The summed E-state index contributed by atoms with van der Waals surface area (Å²) in [5.74, 6) is 1.89. The van der Waals surface area contributed by atoms with Gasteiger partial charge >= 0.3 is 5.97 Å². The van der Waals surface area contributed by atoms with Gasteiger partial charge in [-0.1, -0.05) is 32.0 Å². The number of esters is 1. The number of carbonyl (C=O) groups is 3. The molecule has 0 spiro atoms. The summed E-state index contributed by atoms with van der Waals surface area (Å²) < 4.78 is 5.95. The van der Waals surface area contributed by atoms with Crippen LogP contribution in [0.4, 0.5) is 0 Å². The van der Waals surface area contributed by atoms with Crippen LogP contribution in [-0.2, 0) is 14.3 Å². The zero-order chi connectivity index (χ0) is 24.1. The Balaban J connectivity index is 1.30. The predicted octanol–water partition coefficient (Wildman–Crippen LogP) is 5.45. The molecule has 182 valence electrons. The first kappa shape index (κ1) is 23.3. The first-order valence-corrected chi connectivity index (χ1v) is 13.0. The van der Waals surface area contributed by atoms with Crippen LogP contribution >= 0.6 is 0 Å². The van der Waals surface area contributed by atoms with Crippen molar-refractivity contribution in [1.82, 2.24) is 5.32 Å². The number of aldehydes is 1. The van der Waals surface area contributed by atoms with Crippen molar-refractivity contribution in [3.8, 4) is 0 Å². The summed E-state index contributed by atoms with van der Waals surface area (Å²) in [5.41, 5.74) is 2.45. The minimum absolute atomic E-state index is 0.00244. The maximum Gasteiger partial charge on any atom is 0.338 e. The fourth-order valence-electron chi connectivity index (χ4n) is 8.34. The van der Waals surface area contributed by atoms with Gasteiger partial charge in [0.25, 0.3) is 0 Å². The van der Waals surface area contributed by atoms with Crippen LogP contribution < -0.4 is 5.32 Å². The quantitative estimate of drug-likeness (QED) is 0.476. The third kappa shape index (κ3) is 3.72. The van der Waals surface area contributed by atoms with Crippen molar-refractivity contribution >= 4 is 18.2 Å². The Bertz CT molecular complexity index is 1020. The lowest BCUT2D eigenvalue weighted by molar-refractivity contribution is -0.123. The van der Waals surface area contributed by atoms with Gasteiger partial charge in [-0.25, -0.2) is 4.79 Å². The molecule has 0 saturated heterocycles. The van der Waals surface area contributed by atoms with Gasteiger partial charge in [-0.05, 0) is 92.6 Å². The number of benzene rings is 1. The molecule has 34 heavy (non-hydrogen) atoms. The largest absolute Gasteiger partial charge is 0.459 e. The summed E-state index contributed by atoms with van der Waals surface area (Å²) in [6.45, 7) is 6.28. The number of fused-ring (bicyclic) bond motifs is 5. The number of carbonyl (C=O) groups excluding carboxylic acids is 3. The molecule has 0 aromatic heterocycles. The second-order valence-electron chi connectivity index (χ2n) is 11.7. The van der Waals surface area contributed by atoms with Crippen LogP contribution in [0.3, 0.4) is 0 Å². The third-order valence-electron chi connectivity index (χ3n) is 10.1. The molecule has 7 atom stereocenters. The number of rotatable bonds is 4. The minimum Gasteiger partial charge on any atom is -0.459 e. The molecule has 0 bridgehead atoms. The Hall–Kier alpha value is -2.43. The topological polar surface area (TPSA) is 72.5 Å². The highest BCUT2D eigenvalue weighted by molar-refractivity contribution is 5.89. The number of ether oxygens (including phenoxy) is 1. The van der Waals surface area contributed by atoms with Gasteiger partial charge in [0, 0.05) is 23.6 Å². The van der Waals surface area contributed by atoms with E-state index in [9.17, 15) is 14.4 Å². The smallest absolute Gasteiger partial charge is 0.338 e. The van der Waals surface area contributed by atoms with Crippen molar-refractivity contribution in [2.45, 2.75) is 78.2 Å². The molecule has 1 amide bonds. The van der Waals surface area contributed by atoms with Gasteiger partial charge < -0.3 is 10.1 Å². The van der Waals surface area contributed by atoms with Crippen molar-refractivity contribution in [1.29, 1.82) is 0 Å². The fraction of sp³-hybridized carbons (Fsp3) is 0.621. The molecule has 3 fully saturated rings. The van der Waals surface area contributed by atoms with Crippen molar-refractivity contribution in [2.75, 3.05) is 0 Å². The summed E-state index contributed by atoms with van der Waals surface area (Å²) in [7, 11) is 0. The Kier molecular flexibility index (Phi) is 5.94. The highest BCUT2D eigenvalue weighted by atomic mass is 16.5. The Morgan fingerprint density at radius 3 is 2.50 bits per heavy atom. The normalized spacial score (nSPS) is 38.9. The Morgan fingerprint density at radius 2 is 1.79 bits per heavy atom. The molecule has 5 nitrogen and oxygen atoms in total. The van der Waals surface area contributed by atoms with Gasteiger partial charge in [-0.15, -0.1) is 0 Å². The van der Waals surface area contributed by atoms with Gasteiger partial charge in [0.1, 0.15) is 12.4 Å². The van der Waals surface area contributed by atoms with Gasteiger partial charge in [-0.2, -0.15) is 0 Å². The average molecular weight is 464 g/mol. The second-order valence-corrected chi connectivity index (χ2v) is 11.7. The van der Waals surface area contributed by atoms with E-state index < -0.39 is 0 Å². The fourth-order valence-corrected chi connectivity index (χ4v) is 8.34. The number of nitrogens with one attached hydrogen (secondary N) is 1. The maximum atomic E-state index is 12.6. The van der Waals surface area contributed by atoms with Gasteiger partial charge in [0.2, 0.25) is 5.91 Å². The van der Waals surface area contributed by atoms with Gasteiger partial charge in [-0.3, -0.25) is 9.59 Å². The molecule has 0 aliphatic heterocycles. The van der Waals surface area contributed by atoms with E-state index in [1.807, 2.05) is 30.3 Å². The highest BCUT2D eigenvalue weighted by Gasteiger charge is 2.60. The van der Waals surface area contributed by atoms with E-state index in [-0.39, 0.29) is 28.8 Å². The molecule has 1 N–H and O–H groups in total. The van der Waals surface area contributed by atoms with Crippen LogP contribution in [0, 0.1) is 34.5 Å². The summed E-state index contributed by atoms with van der Waals surface area (Å²) in [4.78, 5) is 36.4. The van der Waals surface area contributed by atoms with E-state index in [0.29, 0.717) is 29.2 Å². The molecule has 5 heteroatoms. The van der Waals surface area contributed by atoms with Crippen LogP contribution in [0.5, 0.6) is 0 Å². The number of amides is 1. The third-order valence-corrected chi connectivity index (χ3v) is 10.1.